The van der Waals surface area contributed by atoms with Crippen molar-refractivity contribution < 1.29 is 22.7 Å². The van der Waals surface area contributed by atoms with E-state index < -0.39 is 10.0 Å². The molecule has 26 heavy (non-hydrogen) atoms. The summed E-state index contributed by atoms with van der Waals surface area (Å²) in [6.45, 7) is 1.93. The number of hydrogen-bond acceptors (Lipinski definition) is 5. The lowest BCUT2D eigenvalue weighted by atomic mass is 9.96. The Kier molecular flexibility index (Phi) is 6.16. The highest BCUT2D eigenvalue weighted by Crippen LogP contribution is 2.26. The SMILES string of the molecule is COc1ccc(S(=O)(=O)NC2CCCCC2)cc1C(=O)N1CCOCC1. The predicted octanol–water partition coefficient (Wildman–Crippen LogP) is 1.78. The Morgan fingerprint density at radius 3 is 2.54 bits per heavy atom. The molecule has 8 heteroatoms. The van der Waals surface area contributed by atoms with Crippen LogP contribution < -0.4 is 9.46 Å². The topological polar surface area (TPSA) is 84.9 Å². The quantitative estimate of drug-likeness (QED) is 0.839. The molecule has 0 radical (unpaired) electrons. The third-order valence-corrected chi connectivity index (χ3v) is 6.46. The number of hydrogen-bond donors (Lipinski definition) is 1. The number of amides is 1. The number of nitrogens with zero attached hydrogens (tertiary/aromatic N) is 1. The van der Waals surface area contributed by atoms with Crippen molar-refractivity contribution in [3.63, 3.8) is 0 Å². The van der Waals surface area contributed by atoms with Crippen LogP contribution in [0.1, 0.15) is 42.5 Å². The molecular formula is C18H26N2O5S. The number of carbonyl (C=O) groups is 1. The molecule has 1 N–H and O–H groups in total. The number of methoxy groups -OCH3 is 1. The lowest BCUT2D eigenvalue weighted by molar-refractivity contribution is 0.0300. The molecule has 7 nitrogen and oxygen atoms in total. The molecular weight excluding hydrogens is 356 g/mol. The highest BCUT2D eigenvalue weighted by molar-refractivity contribution is 7.89. The van der Waals surface area contributed by atoms with Gasteiger partial charge < -0.3 is 14.4 Å². The van der Waals surface area contributed by atoms with Crippen LogP contribution in [-0.2, 0) is 14.8 Å². The number of rotatable bonds is 5. The largest absolute Gasteiger partial charge is 0.496 e. The van der Waals surface area contributed by atoms with Gasteiger partial charge >= 0.3 is 0 Å². The molecule has 1 saturated carbocycles. The Morgan fingerprint density at radius 1 is 1.19 bits per heavy atom. The van der Waals surface area contributed by atoms with Crippen molar-refractivity contribution in [2.75, 3.05) is 33.4 Å². The van der Waals surface area contributed by atoms with E-state index >= 15 is 0 Å². The molecule has 1 aromatic rings. The van der Waals surface area contributed by atoms with E-state index in [0.717, 1.165) is 32.1 Å². The lowest BCUT2D eigenvalue weighted by Gasteiger charge is -2.27. The van der Waals surface area contributed by atoms with Gasteiger partial charge in [-0.05, 0) is 31.0 Å². The molecule has 0 atom stereocenters. The summed E-state index contributed by atoms with van der Waals surface area (Å²) in [6.07, 6.45) is 4.94. The van der Waals surface area contributed by atoms with Crippen molar-refractivity contribution in [1.29, 1.82) is 0 Å². The van der Waals surface area contributed by atoms with Gasteiger partial charge in [0, 0.05) is 19.1 Å². The maximum Gasteiger partial charge on any atom is 0.257 e. The molecule has 1 aliphatic carbocycles. The van der Waals surface area contributed by atoms with Crippen molar-refractivity contribution in [1.82, 2.24) is 9.62 Å². The minimum atomic E-state index is -3.67. The molecule has 1 heterocycles. The highest BCUT2D eigenvalue weighted by Gasteiger charge is 2.26. The molecule has 1 amide bonds. The minimum Gasteiger partial charge on any atom is -0.496 e. The van der Waals surface area contributed by atoms with Crippen LogP contribution in [0.25, 0.3) is 0 Å². The average molecular weight is 382 g/mol. The van der Waals surface area contributed by atoms with Gasteiger partial charge in [0.1, 0.15) is 5.75 Å². The molecule has 0 aromatic heterocycles. The molecule has 0 bridgehead atoms. The standard InChI is InChI=1S/C18H26N2O5S/c1-24-17-8-7-15(26(22,23)19-14-5-3-2-4-6-14)13-16(17)18(21)20-9-11-25-12-10-20/h7-8,13-14,19H,2-6,9-12H2,1H3. The molecule has 0 unspecified atom stereocenters. The summed E-state index contributed by atoms with van der Waals surface area (Å²) in [4.78, 5) is 14.6. The monoisotopic (exact) mass is 382 g/mol. The van der Waals surface area contributed by atoms with Crippen LogP contribution >= 0.6 is 0 Å². The van der Waals surface area contributed by atoms with Crippen LogP contribution in [-0.4, -0.2) is 58.7 Å². The Hall–Kier alpha value is -1.64. The third-order valence-electron chi connectivity index (χ3n) is 4.94. The Bertz CT molecular complexity index is 738. The molecule has 1 saturated heterocycles. The maximum absolute atomic E-state index is 12.8. The molecule has 3 rings (SSSR count). The van der Waals surface area contributed by atoms with Gasteiger partial charge in [-0.15, -0.1) is 0 Å². The zero-order valence-corrected chi connectivity index (χ0v) is 15.9. The minimum absolute atomic E-state index is 0.0331. The molecule has 1 aliphatic heterocycles. The summed E-state index contributed by atoms with van der Waals surface area (Å²) in [5, 5.41) is 0. The Balaban J connectivity index is 1.84. The van der Waals surface area contributed by atoms with Crippen LogP contribution in [0, 0.1) is 0 Å². The van der Waals surface area contributed by atoms with Gasteiger partial charge in [0.05, 0.1) is 30.8 Å². The maximum atomic E-state index is 12.8. The first kappa shape index (κ1) is 19.1. The molecule has 2 aliphatic rings. The Morgan fingerprint density at radius 2 is 1.88 bits per heavy atom. The van der Waals surface area contributed by atoms with Crippen LogP contribution in [0.3, 0.4) is 0 Å². The first-order valence-electron chi connectivity index (χ1n) is 9.08. The van der Waals surface area contributed by atoms with E-state index in [1.165, 1.54) is 19.2 Å². The van der Waals surface area contributed by atoms with E-state index in [0.29, 0.717) is 32.1 Å². The van der Waals surface area contributed by atoms with Gasteiger partial charge in [-0.1, -0.05) is 19.3 Å². The van der Waals surface area contributed by atoms with Gasteiger partial charge in [-0.3, -0.25) is 4.79 Å². The van der Waals surface area contributed by atoms with Gasteiger partial charge in [0.15, 0.2) is 0 Å². The third kappa shape index (κ3) is 4.36. The normalized spacial score (nSPS) is 19.3. The second-order valence-corrected chi connectivity index (χ2v) is 8.44. The summed E-state index contributed by atoms with van der Waals surface area (Å²) < 4.78 is 38.8. The van der Waals surface area contributed by atoms with Gasteiger partial charge in [-0.25, -0.2) is 13.1 Å². The number of ether oxygens (including phenoxy) is 2. The number of morpholine rings is 1. The van der Waals surface area contributed by atoms with Crippen LogP contribution in [0.4, 0.5) is 0 Å². The summed E-state index contributed by atoms with van der Waals surface area (Å²) >= 11 is 0. The molecule has 1 aromatic carbocycles. The van der Waals surface area contributed by atoms with Crippen molar-refractivity contribution in [3.8, 4) is 5.75 Å². The molecule has 0 spiro atoms. The number of benzene rings is 1. The van der Waals surface area contributed by atoms with E-state index in [1.54, 1.807) is 11.0 Å². The van der Waals surface area contributed by atoms with Crippen LogP contribution in [0.5, 0.6) is 5.75 Å². The second kappa shape index (κ2) is 8.37. The van der Waals surface area contributed by atoms with Gasteiger partial charge in [0.2, 0.25) is 10.0 Å². The molecule has 144 valence electrons. The average Bonchev–Trinajstić information content (AvgIpc) is 2.68. The number of nitrogens with one attached hydrogen (secondary N) is 1. The van der Waals surface area contributed by atoms with Crippen molar-refractivity contribution in [2.45, 2.75) is 43.0 Å². The van der Waals surface area contributed by atoms with Gasteiger partial charge in [0.25, 0.3) is 5.91 Å². The van der Waals surface area contributed by atoms with E-state index in [2.05, 4.69) is 4.72 Å². The van der Waals surface area contributed by atoms with Crippen molar-refractivity contribution in [2.24, 2.45) is 0 Å². The zero-order chi connectivity index (χ0) is 18.6. The van der Waals surface area contributed by atoms with E-state index in [9.17, 15) is 13.2 Å². The van der Waals surface area contributed by atoms with E-state index in [-0.39, 0.29) is 22.4 Å². The fourth-order valence-electron chi connectivity index (χ4n) is 3.47. The van der Waals surface area contributed by atoms with Crippen molar-refractivity contribution >= 4 is 15.9 Å². The van der Waals surface area contributed by atoms with Crippen LogP contribution in [0.15, 0.2) is 23.1 Å². The Labute approximate surface area is 154 Å². The first-order chi connectivity index (χ1) is 12.5. The fraction of sp³-hybridized carbons (Fsp3) is 0.611. The fourth-order valence-corrected chi connectivity index (χ4v) is 4.80. The predicted molar refractivity (Wildman–Crippen MR) is 96.9 cm³/mol. The van der Waals surface area contributed by atoms with Gasteiger partial charge in [-0.2, -0.15) is 0 Å². The first-order valence-corrected chi connectivity index (χ1v) is 10.6. The zero-order valence-electron chi connectivity index (χ0n) is 15.1. The van der Waals surface area contributed by atoms with E-state index in [1.807, 2.05) is 0 Å². The molecule has 2 fully saturated rings. The van der Waals surface area contributed by atoms with E-state index in [4.69, 9.17) is 9.47 Å². The smallest absolute Gasteiger partial charge is 0.257 e. The van der Waals surface area contributed by atoms with Crippen molar-refractivity contribution in [3.05, 3.63) is 23.8 Å². The lowest BCUT2D eigenvalue weighted by Crippen LogP contribution is -2.41. The highest BCUT2D eigenvalue weighted by atomic mass is 32.2. The number of sulfonamides is 1. The summed E-state index contributed by atoms with van der Waals surface area (Å²) in [5.74, 6) is 0.137. The van der Waals surface area contributed by atoms with Crippen LogP contribution in [0.2, 0.25) is 0 Å². The number of carbonyl (C=O) groups excluding carboxylic acids is 1. The summed E-state index contributed by atoms with van der Waals surface area (Å²) in [7, 11) is -2.20. The second-order valence-electron chi connectivity index (χ2n) is 6.72. The summed E-state index contributed by atoms with van der Waals surface area (Å²) in [6, 6.07) is 4.42. The summed E-state index contributed by atoms with van der Waals surface area (Å²) in [5.41, 5.74) is 0.265.